The van der Waals surface area contributed by atoms with Crippen molar-refractivity contribution in [3.63, 3.8) is 0 Å². The monoisotopic (exact) mass is 408 g/mol. The number of aromatic nitrogens is 2. The van der Waals surface area contributed by atoms with E-state index < -0.39 is 0 Å². The zero-order valence-corrected chi connectivity index (χ0v) is 16.6. The van der Waals surface area contributed by atoms with E-state index in [1.807, 2.05) is 36.4 Å². The Balaban J connectivity index is 1.39. The van der Waals surface area contributed by atoms with E-state index in [4.69, 9.17) is 16.3 Å². The van der Waals surface area contributed by atoms with Crippen LogP contribution in [-0.2, 0) is 4.79 Å². The third kappa shape index (κ3) is 4.84. The van der Waals surface area contributed by atoms with Gasteiger partial charge in [-0.05, 0) is 49.2 Å². The first kappa shape index (κ1) is 19.2. The van der Waals surface area contributed by atoms with Gasteiger partial charge in [0.1, 0.15) is 5.75 Å². The molecule has 6 nitrogen and oxygen atoms in total. The Morgan fingerprint density at radius 3 is 2.62 bits per heavy atom. The molecule has 1 fully saturated rings. The molecular formula is C22H21ClN4O2. The first-order chi connectivity index (χ1) is 14.2. The molecule has 0 aliphatic carbocycles. The highest BCUT2D eigenvalue weighted by Crippen LogP contribution is 2.24. The van der Waals surface area contributed by atoms with Gasteiger partial charge in [-0.1, -0.05) is 35.9 Å². The topological polar surface area (TPSA) is 67.3 Å². The van der Waals surface area contributed by atoms with Gasteiger partial charge < -0.3 is 15.0 Å². The molecule has 148 valence electrons. The lowest BCUT2D eigenvalue weighted by Gasteiger charge is -2.15. The van der Waals surface area contributed by atoms with Crippen molar-refractivity contribution in [2.45, 2.75) is 12.8 Å². The van der Waals surface area contributed by atoms with E-state index in [1.165, 1.54) is 12.8 Å². The summed E-state index contributed by atoms with van der Waals surface area (Å²) in [7, 11) is 0. The number of para-hydroxylation sites is 1. The van der Waals surface area contributed by atoms with Gasteiger partial charge >= 0.3 is 0 Å². The molecule has 1 aliphatic rings. The van der Waals surface area contributed by atoms with Crippen LogP contribution in [0.15, 0.2) is 60.7 Å². The molecule has 4 rings (SSSR count). The number of nitrogens with one attached hydrogen (secondary N) is 1. The second kappa shape index (κ2) is 8.92. The fraction of sp³-hybridized carbons (Fsp3) is 0.227. The maximum atomic E-state index is 12.2. The molecule has 1 aromatic heterocycles. The predicted molar refractivity (Wildman–Crippen MR) is 114 cm³/mol. The van der Waals surface area contributed by atoms with Gasteiger partial charge in [-0.2, -0.15) is 0 Å². The number of carbonyl (C=O) groups excluding carboxylic acids is 1. The van der Waals surface area contributed by atoms with Crippen LogP contribution in [0.2, 0.25) is 5.02 Å². The number of carbonyl (C=O) groups is 1. The van der Waals surface area contributed by atoms with E-state index in [-0.39, 0.29) is 12.5 Å². The van der Waals surface area contributed by atoms with E-state index in [0.717, 1.165) is 30.2 Å². The lowest BCUT2D eigenvalue weighted by atomic mass is 10.1. The summed E-state index contributed by atoms with van der Waals surface area (Å²) in [6.07, 6.45) is 2.40. The number of anilines is 2. The molecule has 2 heterocycles. The van der Waals surface area contributed by atoms with Crippen LogP contribution in [0.1, 0.15) is 12.8 Å². The lowest BCUT2D eigenvalue weighted by Crippen LogP contribution is -2.20. The molecule has 29 heavy (non-hydrogen) atoms. The summed E-state index contributed by atoms with van der Waals surface area (Å²) in [5.41, 5.74) is 2.31. The normalized spacial score (nSPS) is 13.3. The van der Waals surface area contributed by atoms with E-state index in [0.29, 0.717) is 16.5 Å². The fourth-order valence-corrected chi connectivity index (χ4v) is 3.44. The minimum absolute atomic E-state index is 0.127. The first-order valence-electron chi connectivity index (χ1n) is 9.55. The number of hydrogen-bond donors (Lipinski definition) is 1. The van der Waals surface area contributed by atoms with Gasteiger partial charge in [0.05, 0.1) is 10.7 Å². The number of nitrogens with zero attached hydrogens (tertiary/aromatic N) is 3. The predicted octanol–water partition coefficient (Wildman–Crippen LogP) is 4.41. The van der Waals surface area contributed by atoms with E-state index in [1.54, 1.807) is 24.3 Å². The summed E-state index contributed by atoms with van der Waals surface area (Å²) >= 11 is 6.04. The summed E-state index contributed by atoms with van der Waals surface area (Å²) in [6.45, 7) is 1.94. The van der Waals surface area contributed by atoms with Crippen LogP contribution in [0.25, 0.3) is 11.3 Å². The number of halogens is 1. The fourth-order valence-electron chi connectivity index (χ4n) is 3.25. The van der Waals surface area contributed by atoms with Crippen LogP contribution in [0.4, 0.5) is 11.5 Å². The highest BCUT2D eigenvalue weighted by atomic mass is 35.5. The van der Waals surface area contributed by atoms with Crippen LogP contribution < -0.4 is 15.0 Å². The first-order valence-corrected chi connectivity index (χ1v) is 9.93. The molecule has 2 aromatic carbocycles. The van der Waals surface area contributed by atoms with Gasteiger partial charge in [0, 0.05) is 24.3 Å². The number of rotatable bonds is 6. The Morgan fingerprint density at radius 2 is 1.86 bits per heavy atom. The van der Waals surface area contributed by atoms with E-state index in [9.17, 15) is 4.79 Å². The zero-order valence-electron chi connectivity index (χ0n) is 15.8. The largest absolute Gasteiger partial charge is 0.482 e. The summed E-state index contributed by atoms with van der Waals surface area (Å²) < 4.78 is 5.48. The van der Waals surface area contributed by atoms with Crippen LogP contribution in [0, 0.1) is 0 Å². The van der Waals surface area contributed by atoms with Gasteiger partial charge in [-0.25, -0.2) is 0 Å². The van der Waals surface area contributed by atoms with Crippen molar-refractivity contribution < 1.29 is 9.53 Å². The SMILES string of the molecule is O=C(COc1ccccc1Cl)Nc1cccc(-c2ccc(N3CCCC3)nn2)c1. The van der Waals surface area contributed by atoms with Crippen molar-refractivity contribution in [2.24, 2.45) is 0 Å². The molecular weight excluding hydrogens is 388 g/mol. The zero-order chi connectivity index (χ0) is 20.1. The molecule has 1 N–H and O–H groups in total. The van der Waals surface area contributed by atoms with Crippen LogP contribution in [0.3, 0.4) is 0 Å². The molecule has 7 heteroatoms. The molecule has 0 bridgehead atoms. The molecule has 0 unspecified atom stereocenters. The highest BCUT2D eigenvalue weighted by Gasteiger charge is 2.14. The van der Waals surface area contributed by atoms with Crippen molar-refractivity contribution in [1.82, 2.24) is 10.2 Å². The second-order valence-electron chi connectivity index (χ2n) is 6.82. The Bertz CT molecular complexity index is 988. The Labute approximate surface area is 174 Å². The Morgan fingerprint density at radius 1 is 1.03 bits per heavy atom. The van der Waals surface area contributed by atoms with Gasteiger partial charge in [-0.15, -0.1) is 10.2 Å². The average Bonchev–Trinajstić information content (AvgIpc) is 3.28. The molecule has 0 spiro atoms. The quantitative estimate of drug-likeness (QED) is 0.654. The molecule has 0 atom stereocenters. The maximum Gasteiger partial charge on any atom is 0.262 e. The van der Waals surface area contributed by atoms with Gasteiger partial charge in [-0.3, -0.25) is 4.79 Å². The van der Waals surface area contributed by atoms with Crippen molar-refractivity contribution in [3.05, 3.63) is 65.7 Å². The molecule has 1 aliphatic heterocycles. The van der Waals surface area contributed by atoms with Crippen LogP contribution in [-0.4, -0.2) is 35.8 Å². The Kier molecular flexibility index (Phi) is 5.91. The van der Waals surface area contributed by atoms with Crippen molar-refractivity contribution in [2.75, 3.05) is 29.9 Å². The third-order valence-corrected chi connectivity index (χ3v) is 5.03. The third-order valence-electron chi connectivity index (χ3n) is 4.72. The number of ether oxygens (including phenoxy) is 1. The number of amides is 1. The van der Waals surface area contributed by atoms with E-state index in [2.05, 4.69) is 20.4 Å². The second-order valence-corrected chi connectivity index (χ2v) is 7.23. The molecule has 1 amide bonds. The lowest BCUT2D eigenvalue weighted by molar-refractivity contribution is -0.118. The molecule has 1 saturated heterocycles. The maximum absolute atomic E-state index is 12.2. The number of hydrogen-bond acceptors (Lipinski definition) is 5. The van der Waals surface area contributed by atoms with Crippen LogP contribution in [0.5, 0.6) is 5.75 Å². The minimum atomic E-state index is -0.266. The Hall–Kier alpha value is -3.12. The highest BCUT2D eigenvalue weighted by molar-refractivity contribution is 6.32. The van der Waals surface area contributed by atoms with Crippen molar-refractivity contribution in [1.29, 1.82) is 0 Å². The van der Waals surface area contributed by atoms with Crippen molar-refractivity contribution >= 4 is 29.0 Å². The number of benzene rings is 2. The van der Waals surface area contributed by atoms with Gasteiger partial charge in [0.25, 0.3) is 5.91 Å². The molecule has 3 aromatic rings. The van der Waals surface area contributed by atoms with Gasteiger partial charge in [0.15, 0.2) is 12.4 Å². The molecule has 0 radical (unpaired) electrons. The molecule has 0 saturated carbocycles. The summed E-state index contributed by atoms with van der Waals surface area (Å²) in [4.78, 5) is 14.5. The van der Waals surface area contributed by atoms with Gasteiger partial charge in [0.2, 0.25) is 0 Å². The summed E-state index contributed by atoms with van der Waals surface area (Å²) in [5, 5.41) is 12.0. The minimum Gasteiger partial charge on any atom is -0.482 e. The summed E-state index contributed by atoms with van der Waals surface area (Å²) in [5.74, 6) is 1.12. The smallest absolute Gasteiger partial charge is 0.262 e. The standard InChI is InChI=1S/C22H21ClN4O2/c23-18-8-1-2-9-20(18)29-15-22(28)24-17-7-5-6-16(14-17)19-10-11-21(26-25-19)27-12-3-4-13-27/h1-2,5-11,14H,3-4,12-13,15H2,(H,24,28). The van der Waals surface area contributed by atoms with Crippen LogP contribution >= 0.6 is 11.6 Å². The van der Waals surface area contributed by atoms with E-state index >= 15 is 0 Å². The average molecular weight is 409 g/mol. The summed E-state index contributed by atoms with van der Waals surface area (Å²) in [6, 6.07) is 18.5. The van der Waals surface area contributed by atoms with Crippen molar-refractivity contribution in [3.8, 4) is 17.0 Å².